The lowest BCUT2D eigenvalue weighted by Crippen LogP contribution is -2.46. The van der Waals surface area contributed by atoms with E-state index in [1.54, 1.807) is 12.3 Å². The molecule has 120 valence electrons. The van der Waals surface area contributed by atoms with Crippen LogP contribution in [0.25, 0.3) is 0 Å². The SMILES string of the molecule is O=C(NC1CC[C@@H]1c1ccccn1)c1ccccc1C(F)(F)F. The number of nitrogens with zero attached hydrogens (tertiary/aromatic N) is 1. The molecule has 0 radical (unpaired) electrons. The van der Waals surface area contributed by atoms with Crippen LogP contribution >= 0.6 is 0 Å². The van der Waals surface area contributed by atoms with Crippen LogP contribution in [0.1, 0.15) is 40.4 Å². The van der Waals surface area contributed by atoms with Gasteiger partial charge in [0.1, 0.15) is 0 Å². The number of alkyl halides is 3. The molecule has 0 aliphatic heterocycles. The first kappa shape index (κ1) is 15.5. The normalized spacial score (nSPS) is 20.7. The maximum Gasteiger partial charge on any atom is 0.417 e. The molecule has 0 spiro atoms. The molecule has 1 aromatic carbocycles. The van der Waals surface area contributed by atoms with E-state index in [2.05, 4.69) is 10.3 Å². The van der Waals surface area contributed by atoms with Gasteiger partial charge in [-0.25, -0.2) is 0 Å². The van der Waals surface area contributed by atoms with Gasteiger partial charge in [0.15, 0.2) is 0 Å². The minimum atomic E-state index is -4.55. The van der Waals surface area contributed by atoms with Gasteiger partial charge in [-0.2, -0.15) is 13.2 Å². The summed E-state index contributed by atoms with van der Waals surface area (Å²) in [6, 6.07) is 10.2. The van der Waals surface area contributed by atoms with Gasteiger partial charge in [-0.3, -0.25) is 9.78 Å². The topological polar surface area (TPSA) is 42.0 Å². The van der Waals surface area contributed by atoms with Gasteiger partial charge in [-0.15, -0.1) is 0 Å². The minimum absolute atomic E-state index is 0.0539. The Morgan fingerprint density at radius 1 is 1.09 bits per heavy atom. The third-order valence-electron chi connectivity index (χ3n) is 4.14. The van der Waals surface area contributed by atoms with E-state index in [1.165, 1.54) is 18.2 Å². The molecule has 1 fully saturated rings. The molecule has 1 aliphatic carbocycles. The first-order chi connectivity index (χ1) is 11.0. The molecule has 3 nitrogen and oxygen atoms in total. The Balaban J connectivity index is 1.76. The second-order valence-corrected chi connectivity index (χ2v) is 5.56. The van der Waals surface area contributed by atoms with Gasteiger partial charge < -0.3 is 5.32 Å². The largest absolute Gasteiger partial charge is 0.417 e. The van der Waals surface area contributed by atoms with E-state index < -0.39 is 17.6 Å². The number of amides is 1. The monoisotopic (exact) mass is 320 g/mol. The summed E-state index contributed by atoms with van der Waals surface area (Å²) < 4.78 is 39.0. The molecule has 1 amide bonds. The highest BCUT2D eigenvalue weighted by Gasteiger charge is 2.38. The predicted octanol–water partition coefficient (Wildman–Crippen LogP) is 3.78. The second-order valence-electron chi connectivity index (χ2n) is 5.56. The van der Waals surface area contributed by atoms with Crippen molar-refractivity contribution in [3.63, 3.8) is 0 Å². The van der Waals surface area contributed by atoms with Crippen LogP contribution < -0.4 is 5.32 Å². The molecule has 2 atom stereocenters. The van der Waals surface area contributed by atoms with E-state index in [-0.39, 0.29) is 17.5 Å². The summed E-state index contributed by atoms with van der Waals surface area (Å²) in [5, 5.41) is 2.71. The van der Waals surface area contributed by atoms with E-state index in [0.29, 0.717) is 0 Å². The van der Waals surface area contributed by atoms with Gasteiger partial charge in [0, 0.05) is 23.9 Å². The molecular weight excluding hydrogens is 305 g/mol. The quantitative estimate of drug-likeness (QED) is 0.935. The van der Waals surface area contributed by atoms with Gasteiger partial charge in [-0.05, 0) is 37.1 Å². The summed E-state index contributed by atoms with van der Waals surface area (Å²) >= 11 is 0. The number of rotatable bonds is 3. The van der Waals surface area contributed by atoms with E-state index >= 15 is 0 Å². The zero-order valence-electron chi connectivity index (χ0n) is 12.2. The standard InChI is InChI=1S/C17H15F3N2O/c18-17(19,20)13-6-2-1-5-11(13)16(23)22-15-9-8-12(15)14-7-3-4-10-21-14/h1-7,10,12,15H,8-9H2,(H,22,23)/t12-,15?/m1/s1. The summed E-state index contributed by atoms with van der Waals surface area (Å²) in [5.41, 5.74) is -0.397. The molecule has 1 saturated carbocycles. The molecule has 2 aromatic rings. The highest BCUT2D eigenvalue weighted by Crippen LogP contribution is 2.37. The van der Waals surface area contributed by atoms with Crippen LogP contribution in [-0.2, 0) is 6.18 Å². The van der Waals surface area contributed by atoms with Crippen molar-refractivity contribution < 1.29 is 18.0 Å². The molecule has 1 N–H and O–H groups in total. The summed E-state index contributed by atoms with van der Waals surface area (Å²) in [7, 11) is 0. The van der Waals surface area contributed by atoms with E-state index in [1.807, 2.05) is 12.1 Å². The van der Waals surface area contributed by atoms with Crippen LogP contribution in [0.2, 0.25) is 0 Å². The van der Waals surface area contributed by atoms with Crippen molar-refractivity contribution in [3.05, 3.63) is 65.5 Å². The first-order valence-electron chi connectivity index (χ1n) is 7.35. The lowest BCUT2D eigenvalue weighted by atomic mass is 9.77. The Morgan fingerprint density at radius 2 is 1.83 bits per heavy atom. The zero-order valence-corrected chi connectivity index (χ0v) is 12.2. The molecule has 0 bridgehead atoms. The predicted molar refractivity (Wildman–Crippen MR) is 78.9 cm³/mol. The number of halogens is 3. The van der Waals surface area contributed by atoms with Crippen molar-refractivity contribution in [2.24, 2.45) is 0 Å². The van der Waals surface area contributed by atoms with Crippen LogP contribution in [0.4, 0.5) is 13.2 Å². The van der Waals surface area contributed by atoms with Crippen molar-refractivity contribution in [2.75, 3.05) is 0 Å². The number of nitrogens with one attached hydrogen (secondary N) is 1. The number of aromatic nitrogens is 1. The molecule has 23 heavy (non-hydrogen) atoms. The number of carbonyl (C=O) groups is 1. The summed E-state index contributed by atoms with van der Waals surface area (Å²) in [5.74, 6) is -0.637. The fraction of sp³-hybridized carbons (Fsp3) is 0.294. The van der Waals surface area contributed by atoms with Crippen LogP contribution in [0.3, 0.4) is 0 Å². The van der Waals surface area contributed by atoms with Crippen LogP contribution in [0.5, 0.6) is 0 Å². The van der Waals surface area contributed by atoms with Crippen molar-refractivity contribution >= 4 is 5.91 Å². The second kappa shape index (κ2) is 6.02. The van der Waals surface area contributed by atoms with Gasteiger partial charge in [0.2, 0.25) is 0 Å². The maximum absolute atomic E-state index is 13.0. The average molecular weight is 320 g/mol. The Hall–Kier alpha value is -2.37. The molecule has 1 aromatic heterocycles. The number of pyridine rings is 1. The minimum Gasteiger partial charge on any atom is -0.349 e. The summed E-state index contributed by atoms with van der Waals surface area (Å²) in [6.45, 7) is 0. The van der Waals surface area contributed by atoms with E-state index in [0.717, 1.165) is 24.6 Å². The number of hydrogen-bond acceptors (Lipinski definition) is 2. The molecule has 1 heterocycles. The van der Waals surface area contributed by atoms with Crippen LogP contribution in [0, 0.1) is 0 Å². The summed E-state index contributed by atoms with van der Waals surface area (Å²) in [6.07, 6.45) is -1.27. The Bertz CT molecular complexity index is 700. The number of benzene rings is 1. The maximum atomic E-state index is 13.0. The molecule has 0 saturated heterocycles. The van der Waals surface area contributed by atoms with E-state index in [9.17, 15) is 18.0 Å². The van der Waals surface area contributed by atoms with Gasteiger partial charge in [0.25, 0.3) is 5.91 Å². The highest BCUT2D eigenvalue weighted by molar-refractivity contribution is 5.96. The molecule has 3 rings (SSSR count). The first-order valence-corrected chi connectivity index (χ1v) is 7.35. The average Bonchev–Trinajstić information content (AvgIpc) is 2.51. The van der Waals surface area contributed by atoms with Crippen LogP contribution in [-0.4, -0.2) is 16.9 Å². The van der Waals surface area contributed by atoms with Gasteiger partial charge in [-0.1, -0.05) is 18.2 Å². The summed E-state index contributed by atoms with van der Waals surface area (Å²) in [4.78, 5) is 16.5. The van der Waals surface area contributed by atoms with E-state index in [4.69, 9.17) is 0 Å². The smallest absolute Gasteiger partial charge is 0.349 e. The number of hydrogen-bond donors (Lipinski definition) is 1. The fourth-order valence-corrected chi connectivity index (χ4v) is 2.80. The highest BCUT2D eigenvalue weighted by atomic mass is 19.4. The molecular formula is C17H15F3N2O. The van der Waals surface area contributed by atoms with Crippen molar-refractivity contribution in [2.45, 2.75) is 31.0 Å². The molecule has 1 aliphatic rings. The molecule has 6 heteroatoms. The van der Waals surface area contributed by atoms with Crippen LogP contribution in [0.15, 0.2) is 48.7 Å². The Kier molecular flexibility index (Phi) is 4.07. The Morgan fingerprint density at radius 3 is 2.43 bits per heavy atom. The Labute approximate surface area is 131 Å². The van der Waals surface area contributed by atoms with Crippen molar-refractivity contribution in [1.29, 1.82) is 0 Å². The third-order valence-corrected chi connectivity index (χ3v) is 4.14. The van der Waals surface area contributed by atoms with Gasteiger partial charge >= 0.3 is 6.18 Å². The van der Waals surface area contributed by atoms with Crippen molar-refractivity contribution in [3.8, 4) is 0 Å². The zero-order chi connectivity index (χ0) is 16.4. The van der Waals surface area contributed by atoms with Gasteiger partial charge in [0.05, 0.1) is 11.1 Å². The fourth-order valence-electron chi connectivity index (χ4n) is 2.80. The number of carbonyl (C=O) groups excluding carboxylic acids is 1. The lowest BCUT2D eigenvalue weighted by Gasteiger charge is -2.36. The lowest BCUT2D eigenvalue weighted by molar-refractivity contribution is -0.137. The third kappa shape index (κ3) is 3.21. The molecule has 1 unspecified atom stereocenters. The van der Waals surface area contributed by atoms with Crippen molar-refractivity contribution in [1.82, 2.24) is 10.3 Å².